The van der Waals surface area contributed by atoms with Gasteiger partial charge in [0.25, 0.3) is 17.7 Å². The van der Waals surface area contributed by atoms with Gasteiger partial charge in [-0.1, -0.05) is 47.7 Å². The van der Waals surface area contributed by atoms with Crippen molar-refractivity contribution < 1.29 is 14.4 Å². The van der Waals surface area contributed by atoms with E-state index in [4.69, 9.17) is 5.73 Å². The molecule has 0 spiro atoms. The summed E-state index contributed by atoms with van der Waals surface area (Å²) in [6, 6.07) is 22.6. The maximum atomic E-state index is 13.3. The van der Waals surface area contributed by atoms with E-state index in [9.17, 15) is 19.2 Å². The zero-order valence-electron chi connectivity index (χ0n) is 29.0. The number of likely N-dealkylation sites (tertiary alicyclic amines) is 1. The Bertz CT molecular complexity index is 2660. The van der Waals surface area contributed by atoms with Crippen LogP contribution in [0, 0.1) is 0 Å². The van der Waals surface area contributed by atoms with Crippen LogP contribution in [0.1, 0.15) is 46.2 Å². The van der Waals surface area contributed by atoms with Gasteiger partial charge in [0, 0.05) is 91.3 Å². The number of para-hydroxylation sites is 2. The number of nitrogens with one attached hydrogen (secondary N) is 1. The fourth-order valence-electron chi connectivity index (χ4n) is 7.35. The van der Waals surface area contributed by atoms with Gasteiger partial charge in [0.05, 0.1) is 16.8 Å². The minimum atomic E-state index is -0.741. The smallest absolute Gasteiger partial charge is 0.352 e. The van der Waals surface area contributed by atoms with Gasteiger partial charge in [0.15, 0.2) is 11.3 Å². The first-order valence-corrected chi connectivity index (χ1v) is 17.1. The maximum Gasteiger partial charge on any atom is 0.352 e. The van der Waals surface area contributed by atoms with Gasteiger partial charge in [-0.3, -0.25) is 29.6 Å². The number of primary amides is 1. The number of carbonyl (C=O) groups is 3. The molecule has 0 unspecified atom stereocenters. The van der Waals surface area contributed by atoms with Crippen molar-refractivity contribution in [3.63, 3.8) is 0 Å². The van der Waals surface area contributed by atoms with E-state index in [1.165, 1.54) is 13.4 Å². The highest BCUT2D eigenvalue weighted by molar-refractivity contribution is 6.50. The second-order valence-corrected chi connectivity index (χ2v) is 13.1. The molecule has 0 bridgehead atoms. The van der Waals surface area contributed by atoms with Crippen LogP contribution in [0.25, 0.3) is 38.6 Å². The van der Waals surface area contributed by atoms with Crippen LogP contribution in [0.4, 0.5) is 0 Å². The Morgan fingerprint density at radius 3 is 2.15 bits per heavy atom. The SMILES string of the molecule is Cn1cc(C2=C(c3cn(C4CCN(Cc5ccccn5)CC4)c4ccccc34)C(=O)NC2=O)c2ccccc21.Cn1nnc2c(C(N)=O)ncn2c1=O. The summed E-state index contributed by atoms with van der Waals surface area (Å²) in [5, 5.41) is 11.7. The zero-order chi connectivity index (χ0) is 36.8. The standard InChI is InChI=1S/C32H29N5O2.C6H6N6O2/c1-35-19-25(23-9-2-4-11-27(23)35)29-30(32(39)34-31(29)38)26-20-37(28-12-5-3-10-24(26)28)22-13-16-36(17-14-22)18-21-8-6-7-15-33-21;1-11-6(14)12-2-8-3(4(7)13)5(12)9-10-11/h2-12,15,19-20,22H,13-14,16-18H2,1H3,(H,34,38,39);2H,1H3,(H2,7,13). The summed E-state index contributed by atoms with van der Waals surface area (Å²) >= 11 is 0. The van der Waals surface area contributed by atoms with Crippen LogP contribution in [0.15, 0.2) is 96.4 Å². The van der Waals surface area contributed by atoms with Gasteiger partial charge in [-0.25, -0.2) is 14.2 Å². The fourth-order valence-corrected chi connectivity index (χ4v) is 7.35. The number of nitrogens with zero attached hydrogens (tertiary/aromatic N) is 9. The van der Waals surface area contributed by atoms with Crippen LogP contribution in [0.3, 0.4) is 0 Å². The predicted molar refractivity (Wildman–Crippen MR) is 197 cm³/mol. The van der Waals surface area contributed by atoms with Crippen molar-refractivity contribution in [1.29, 1.82) is 0 Å². The van der Waals surface area contributed by atoms with Crippen LogP contribution < -0.4 is 16.7 Å². The Kier molecular flexibility index (Phi) is 8.46. The van der Waals surface area contributed by atoms with Gasteiger partial charge in [-0.2, -0.15) is 4.68 Å². The van der Waals surface area contributed by atoms with Crippen molar-refractivity contribution in [2.24, 2.45) is 19.8 Å². The number of hydrogen-bond acceptors (Lipinski definition) is 9. The summed E-state index contributed by atoms with van der Waals surface area (Å²) in [6.45, 7) is 2.81. The number of nitrogens with two attached hydrogens (primary N) is 1. The zero-order valence-corrected chi connectivity index (χ0v) is 29.0. The molecule has 3 N–H and O–H groups in total. The van der Waals surface area contributed by atoms with Gasteiger partial charge >= 0.3 is 5.69 Å². The molecular formula is C38H35N11O4. The summed E-state index contributed by atoms with van der Waals surface area (Å²) in [6.07, 6.45) is 9.10. The average molecular weight is 710 g/mol. The molecule has 5 aromatic heterocycles. The van der Waals surface area contributed by atoms with E-state index in [1.807, 2.05) is 72.5 Å². The lowest BCUT2D eigenvalue weighted by Crippen LogP contribution is -2.34. The first-order valence-electron chi connectivity index (χ1n) is 17.1. The topological polar surface area (TPSA) is 180 Å². The van der Waals surface area contributed by atoms with Crippen LogP contribution in [-0.4, -0.2) is 74.2 Å². The molecule has 1 fully saturated rings. The number of carbonyl (C=O) groups excluding carboxylic acids is 3. The number of imide groups is 1. The van der Waals surface area contributed by atoms with Crippen molar-refractivity contribution in [3.8, 4) is 0 Å². The summed E-state index contributed by atoms with van der Waals surface area (Å²) in [5.41, 5.74) is 10.3. The molecule has 0 aliphatic carbocycles. The Hall–Kier alpha value is -6.74. The number of aromatic nitrogens is 8. The third-order valence-corrected chi connectivity index (χ3v) is 9.90. The first kappa shape index (κ1) is 33.4. The van der Waals surface area contributed by atoms with Crippen molar-refractivity contribution >= 4 is 56.3 Å². The highest BCUT2D eigenvalue weighted by Crippen LogP contribution is 2.40. The second kappa shape index (κ2) is 13.4. The number of rotatable bonds is 6. The number of imidazole rings is 1. The molecule has 3 amide bonds. The number of benzene rings is 2. The second-order valence-electron chi connectivity index (χ2n) is 13.1. The normalized spacial score (nSPS) is 15.4. The molecule has 0 saturated carbocycles. The highest BCUT2D eigenvalue weighted by atomic mass is 16.2. The molecule has 0 atom stereocenters. The third-order valence-electron chi connectivity index (χ3n) is 9.90. The molecule has 2 aliphatic rings. The van der Waals surface area contributed by atoms with Crippen molar-refractivity contribution in [2.45, 2.75) is 25.4 Å². The monoisotopic (exact) mass is 709 g/mol. The van der Waals surface area contributed by atoms with Gasteiger partial charge in [0.1, 0.15) is 6.33 Å². The Balaban J connectivity index is 0.000000240. The minimum absolute atomic E-state index is 0.0600. The molecule has 0 radical (unpaired) electrons. The van der Waals surface area contributed by atoms with E-state index in [0.29, 0.717) is 17.2 Å². The molecular weight excluding hydrogens is 674 g/mol. The van der Waals surface area contributed by atoms with Gasteiger partial charge in [-0.05, 0) is 37.1 Å². The molecule has 53 heavy (non-hydrogen) atoms. The minimum Gasteiger partial charge on any atom is -0.364 e. The number of piperidine rings is 1. The largest absolute Gasteiger partial charge is 0.364 e. The van der Waals surface area contributed by atoms with Crippen LogP contribution in [-0.2, 0) is 30.2 Å². The van der Waals surface area contributed by atoms with Crippen molar-refractivity contribution in [2.75, 3.05) is 13.1 Å². The number of aryl methyl sites for hydroxylation is 2. The lowest BCUT2D eigenvalue weighted by Gasteiger charge is -2.33. The molecule has 15 nitrogen and oxygen atoms in total. The average Bonchev–Trinajstić information content (AvgIpc) is 3.93. The number of amides is 3. The van der Waals surface area contributed by atoms with Crippen LogP contribution in [0.2, 0.25) is 0 Å². The van der Waals surface area contributed by atoms with E-state index in [-0.39, 0.29) is 23.2 Å². The van der Waals surface area contributed by atoms with E-state index in [1.54, 1.807) is 0 Å². The third kappa shape index (κ3) is 5.96. The van der Waals surface area contributed by atoms with Gasteiger partial charge < -0.3 is 14.9 Å². The first-order chi connectivity index (χ1) is 25.7. The highest BCUT2D eigenvalue weighted by Gasteiger charge is 2.36. The van der Waals surface area contributed by atoms with E-state index >= 15 is 0 Å². The van der Waals surface area contributed by atoms with Crippen molar-refractivity contribution in [3.05, 3.63) is 125 Å². The molecule has 9 rings (SSSR count). The molecule has 15 heteroatoms. The van der Waals surface area contributed by atoms with Crippen LogP contribution in [0.5, 0.6) is 0 Å². The Labute approximate surface area is 302 Å². The van der Waals surface area contributed by atoms with Crippen molar-refractivity contribution in [1.82, 2.24) is 48.7 Å². The summed E-state index contributed by atoms with van der Waals surface area (Å²) < 4.78 is 6.46. The van der Waals surface area contributed by atoms with Gasteiger partial charge in [-0.15, -0.1) is 5.10 Å². The summed E-state index contributed by atoms with van der Waals surface area (Å²) in [5.74, 6) is -1.42. The van der Waals surface area contributed by atoms with E-state index < -0.39 is 11.6 Å². The molecule has 7 heterocycles. The fraction of sp³-hybridized carbons (Fsp3) is 0.211. The molecule has 7 aromatic rings. The Morgan fingerprint density at radius 1 is 0.830 bits per heavy atom. The van der Waals surface area contributed by atoms with Gasteiger partial charge in [0.2, 0.25) is 0 Å². The molecule has 266 valence electrons. The molecule has 1 saturated heterocycles. The maximum absolute atomic E-state index is 13.3. The number of pyridine rings is 1. The molecule has 2 aliphatic heterocycles. The lowest BCUT2D eigenvalue weighted by molar-refractivity contribution is -0.122. The Morgan fingerprint density at radius 2 is 1.47 bits per heavy atom. The van der Waals surface area contributed by atoms with E-state index in [2.05, 4.69) is 59.5 Å². The quantitative estimate of drug-likeness (QED) is 0.246. The number of fused-ring (bicyclic) bond motifs is 3. The summed E-state index contributed by atoms with van der Waals surface area (Å²) in [7, 11) is 3.41. The summed E-state index contributed by atoms with van der Waals surface area (Å²) in [4.78, 5) is 59.4. The molecule has 2 aromatic carbocycles. The van der Waals surface area contributed by atoms with E-state index in [0.717, 1.165) is 80.2 Å². The van der Waals surface area contributed by atoms with Crippen LogP contribution >= 0.6 is 0 Å². The predicted octanol–water partition coefficient (Wildman–Crippen LogP) is 2.85. The number of hydrogen-bond donors (Lipinski definition) is 2. The lowest BCUT2D eigenvalue weighted by atomic mass is 9.95.